The number of nitrogens with zero attached hydrogens (tertiary/aromatic N) is 1. The highest BCUT2D eigenvalue weighted by molar-refractivity contribution is 5.44. The maximum absolute atomic E-state index is 10.3. The molecule has 2 N–H and O–H groups in total. The summed E-state index contributed by atoms with van der Waals surface area (Å²) in [6.07, 6.45) is 0. The lowest BCUT2D eigenvalue weighted by molar-refractivity contribution is 0.0307. The summed E-state index contributed by atoms with van der Waals surface area (Å²) in [5.41, 5.74) is 3.22. The van der Waals surface area contributed by atoms with Crippen LogP contribution in [0.15, 0.2) is 54.6 Å². The summed E-state index contributed by atoms with van der Waals surface area (Å²) in [4.78, 5) is 2.30. The molecule has 0 saturated heterocycles. The van der Waals surface area contributed by atoms with Crippen LogP contribution in [0.25, 0.3) is 0 Å². The van der Waals surface area contributed by atoms with Gasteiger partial charge in [0.2, 0.25) is 0 Å². The molecule has 0 saturated carbocycles. The summed E-state index contributed by atoms with van der Waals surface area (Å²) >= 11 is 0. The summed E-state index contributed by atoms with van der Waals surface area (Å²) in [5, 5.41) is 13.8. The second kappa shape index (κ2) is 8.70. The normalized spacial score (nSPS) is 12.4. The quantitative estimate of drug-likeness (QED) is 0.706. The molecule has 2 rings (SSSR count). The average molecular weight is 355 g/mol. The molecule has 0 spiro atoms. The highest BCUT2D eigenvalue weighted by Gasteiger charge is 2.19. The Morgan fingerprint density at radius 1 is 0.808 bits per heavy atom. The van der Waals surface area contributed by atoms with Crippen LogP contribution >= 0.6 is 0 Å². The Hall–Kier alpha value is -1.84. The van der Waals surface area contributed by atoms with Crippen LogP contribution in [0.4, 0.5) is 5.69 Å². The van der Waals surface area contributed by atoms with E-state index >= 15 is 0 Å². The zero-order valence-corrected chi connectivity index (χ0v) is 16.9. The van der Waals surface area contributed by atoms with E-state index in [1.807, 2.05) is 19.9 Å². The van der Waals surface area contributed by atoms with Gasteiger partial charge < -0.3 is 10.4 Å². The van der Waals surface area contributed by atoms with Gasteiger partial charge in [-0.15, -0.1) is 0 Å². The van der Waals surface area contributed by atoms with Crippen molar-refractivity contribution in [3.63, 3.8) is 0 Å². The Morgan fingerprint density at radius 2 is 1.35 bits per heavy atom. The topological polar surface area (TPSA) is 35.5 Å². The van der Waals surface area contributed by atoms with Crippen molar-refractivity contribution in [2.75, 3.05) is 18.4 Å². The van der Waals surface area contributed by atoms with Gasteiger partial charge in [0.05, 0.1) is 5.60 Å². The van der Waals surface area contributed by atoms with Crippen molar-refractivity contribution >= 4 is 5.69 Å². The molecule has 3 heteroatoms. The van der Waals surface area contributed by atoms with Crippen LogP contribution in [0.5, 0.6) is 0 Å². The molecule has 0 radical (unpaired) electrons. The molecule has 0 unspecified atom stereocenters. The van der Waals surface area contributed by atoms with Gasteiger partial charge in [-0.25, -0.2) is 0 Å². The minimum atomic E-state index is -0.719. The molecule has 3 nitrogen and oxygen atoms in total. The maximum atomic E-state index is 10.3. The van der Waals surface area contributed by atoms with E-state index in [0.717, 1.165) is 25.3 Å². The number of aliphatic hydroxyl groups is 1. The minimum Gasteiger partial charge on any atom is -0.389 e. The predicted octanol–water partition coefficient (Wildman–Crippen LogP) is 4.92. The molecule has 0 amide bonds. The molecular formula is C23H34N2O. The molecule has 0 atom stereocenters. The van der Waals surface area contributed by atoms with Crippen LogP contribution in [0, 0.1) is 5.41 Å². The van der Waals surface area contributed by atoms with Gasteiger partial charge >= 0.3 is 0 Å². The third-order valence-electron chi connectivity index (χ3n) is 4.04. The lowest BCUT2D eigenvalue weighted by Gasteiger charge is -2.29. The van der Waals surface area contributed by atoms with Gasteiger partial charge in [-0.3, -0.25) is 4.90 Å². The molecule has 0 aliphatic carbocycles. The van der Waals surface area contributed by atoms with Crippen LogP contribution in [0.1, 0.15) is 45.7 Å². The van der Waals surface area contributed by atoms with E-state index in [1.165, 1.54) is 11.1 Å². The Morgan fingerprint density at radius 3 is 1.85 bits per heavy atom. The van der Waals surface area contributed by atoms with Crippen LogP contribution in [-0.4, -0.2) is 28.7 Å². The summed E-state index contributed by atoms with van der Waals surface area (Å²) in [7, 11) is 0. The van der Waals surface area contributed by atoms with E-state index in [0.29, 0.717) is 6.54 Å². The number of nitrogens with one attached hydrogen (secondary N) is 1. The van der Waals surface area contributed by atoms with E-state index in [1.54, 1.807) is 0 Å². The molecule has 26 heavy (non-hydrogen) atoms. The minimum absolute atomic E-state index is 0.262. The van der Waals surface area contributed by atoms with Gasteiger partial charge in [0.1, 0.15) is 0 Å². The zero-order valence-electron chi connectivity index (χ0n) is 16.9. The van der Waals surface area contributed by atoms with Gasteiger partial charge in [-0.1, -0.05) is 63.2 Å². The molecule has 0 aliphatic rings. The van der Waals surface area contributed by atoms with Crippen molar-refractivity contribution in [2.24, 2.45) is 5.41 Å². The third-order valence-corrected chi connectivity index (χ3v) is 4.04. The van der Waals surface area contributed by atoms with Crippen molar-refractivity contribution in [2.45, 2.75) is 53.3 Å². The summed E-state index contributed by atoms with van der Waals surface area (Å²) in [6, 6.07) is 19.1. The zero-order chi connectivity index (χ0) is 19.2. The average Bonchev–Trinajstić information content (AvgIpc) is 2.53. The van der Waals surface area contributed by atoms with E-state index in [9.17, 15) is 5.11 Å². The van der Waals surface area contributed by atoms with E-state index < -0.39 is 5.60 Å². The highest BCUT2D eigenvalue weighted by Crippen LogP contribution is 2.18. The molecule has 0 heterocycles. The Bertz CT molecular complexity index is 651. The summed E-state index contributed by atoms with van der Waals surface area (Å²) < 4.78 is 0. The number of benzene rings is 2. The molecule has 2 aromatic rings. The molecular weight excluding hydrogens is 320 g/mol. The Labute approximate surface area is 159 Å². The van der Waals surface area contributed by atoms with Crippen molar-refractivity contribution in [1.29, 1.82) is 0 Å². The van der Waals surface area contributed by atoms with Gasteiger partial charge in [0.25, 0.3) is 0 Å². The number of anilines is 1. The van der Waals surface area contributed by atoms with E-state index in [2.05, 4.69) is 79.5 Å². The molecule has 0 bridgehead atoms. The van der Waals surface area contributed by atoms with Gasteiger partial charge in [-0.05, 0) is 42.5 Å². The van der Waals surface area contributed by atoms with Crippen LogP contribution < -0.4 is 5.32 Å². The first-order chi connectivity index (χ1) is 12.1. The van der Waals surface area contributed by atoms with Crippen molar-refractivity contribution < 1.29 is 5.11 Å². The number of hydrogen-bond acceptors (Lipinski definition) is 3. The van der Waals surface area contributed by atoms with Crippen LogP contribution in [0.2, 0.25) is 0 Å². The first kappa shape index (κ1) is 20.5. The summed E-state index contributed by atoms with van der Waals surface area (Å²) in [6.45, 7) is 13.6. The fraction of sp³-hybridized carbons (Fsp3) is 0.478. The molecule has 0 aromatic heterocycles. The molecule has 0 fully saturated rings. The predicted molar refractivity (Wildman–Crippen MR) is 111 cm³/mol. The van der Waals surface area contributed by atoms with Crippen molar-refractivity contribution in [1.82, 2.24) is 4.90 Å². The van der Waals surface area contributed by atoms with Crippen LogP contribution in [0.3, 0.4) is 0 Å². The largest absolute Gasteiger partial charge is 0.389 e. The smallest absolute Gasteiger partial charge is 0.0718 e. The third kappa shape index (κ3) is 8.03. The molecule has 0 aliphatic heterocycles. The molecule has 142 valence electrons. The lowest BCUT2D eigenvalue weighted by atomic mass is 9.97. The fourth-order valence-corrected chi connectivity index (χ4v) is 2.91. The number of hydrogen-bond donors (Lipinski definition) is 2. The van der Waals surface area contributed by atoms with Gasteiger partial charge in [0.15, 0.2) is 0 Å². The standard InChI is InChI=1S/C23H34N2O/c1-22(2,3)17-24-21-13-11-20(12-14-21)16-25(18-23(4,5)26)15-19-9-7-6-8-10-19/h6-14,24,26H,15-18H2,1-5H3. The monoisotopic (exact) mass is 354 g/mol. The second-order valence-electron chi connectivity index (χ2n) is 9.05. The second-order valence-corrected chi connectivity index (χ2v) is 9.05. The first-order valence-electron chi connectivity index (χ1n) is 9.42. The number of rotatable bonds is 8. The highest BCUT2D eigenvalue weighted by atomic mass is 16.3. The Balaban J connectivity index is 2.02. The Kier molecular flexibility index (Phi) is 6.85. The van der Waals surface area contributed by atoms with Crippen molar-refractivity contribution in [3.8, 4) is 0 Å². The first-order valence-corrected chi connectivity index (χ1v) is 9.42. The van der Waals surface area contributed by atoms with Gasteiger partial charge in [0, 0.05) is 31.9 Å². The SMILES string of the molecule is CC(C)(C)CNc1ccc(CN(Cc2ccccc2)CC(C)(C)O)cc1. The van der Waals surface area contributed by atoms with E-state index in [4.69, 9.17) is 0 Å². The van der Waals surface area contributed by atoms with Crippen molar-refractivity contribution in [3.05, 3.63) is 65.7 Å². The van der Waals surface area contributed by atoms with Crippen LogP contribution in [-0.2, 0) is 13.1 Å². The lowest BCUT2D eigenvalue weighted by Crippen LogP contribution is -2.37. The summed E-state index contributed by atoms with van der Waals surface area (Å²) in [5.74, 6) is 0. The van der Waals surface area contributed by atoms with E-state index in [-0.39, 0.29) is 5.41 Å². The molecule has 2 aromatic carbocycles. The van der Waals surface area contributed by atoms with Gasteiger partial charge in [-0.2, -0.15) is 0 Å². The maximum Gasteiger partial charge on any atom is 0.0718 e. The fourth-order valence-electron chi connectivity index (χ4n) is 2.91.